The second-order valence-corrected chi connectivity index (χ2v) is 6.81. The predicted octanol–water partition coefficient (Wildman–Crippen LogP) is 1.58. The molecule has 0 aliphatic carbocycles. The molecule has 1 saturated heterocycles. The molecule has 1 N–H and O–H groups in total. The number of carboxylic acid groups (broad SMARTS) is 1. The molecule has 0 radical (unpaired) electrons. The highest BCUT2D eigenvalue weighted by atomic mass is 32.1. The standard InChI is InChI=1S/C14H18N4O3S/c1-8(2)10-6-11(19)18-13(15-10)22-14(16-18)17-5-3-4-9(7-17)12(20)21/h6,8-9H,3-5,7H2,1-2H3,(H,20,21). The zero-order valence-corrected chi connectivity index (χ0v) is 13.3. The van der Waals surface area contributed by atoms with Crippen molar-refractivity contribution in [2.24, 2.45) is 5.92 Å². The smallest absolute Gasteiger partial charge is 0.308 e. The maximum Gasteiger partial charge on any atom is 0.308 e. The topological polar surface area (TPSA) is 87.8 Å². The van der Waals surface area contributed by atoms with Crippen molar-refractivity contribution in [1.29, 1.82) is 0 Å². The Morgan fingerprint density at radius 2 is 2.27 bits per heavy atom. The predicted molar refractivity (Wildman–Crippen MR) is 83.8 cm³/mol. The van der Waals surface area contributed by atoms with E-state index in [4.69, 9.17) is 0 Å². The first-order chi connectivity index (χ1) is 10.5. The van der Waals surface area contributed by atoms with Crippen LogP contribution < -0.4 is 10.5 Å². The number of nitrogens with zero attached hydrogens (tertiary/aromatic N) is 4. The Morgan fingerprint density at radius 1 is 1.50 bits per heavy atom. The SMILES string of the molecule is CC(C)c1cc(=O)n2nc(N3CCCC(C(=O)O)C3)sc2n1. The number of piperidine rings is 1. The van der Waals surface area contributed by atoms with Crippen LogP contribution in [0.1, 0.15) is 38.3 Å². The van der Waals surface area contributed by atoms with Crippen LogP contribution in [0.4, 0.5) is 5.13 Å². The minimum atomic E-state index is -0.775. The van der Waals surface area contributed by atoms with Crippen molar-refractivity contribution in [2.45, 2.75) is 32.6 Å². The molecular formula is C14H18N4O3S. The maximum atomic E-state index is 12.1. The summed E-state index contributed by atoms with van der Waals surface area (Å²) in [6.07, 6.45) is 1.50. The third kappa shape index (κ3) is 2.70. The molecule has 1 atom stereocenters. The van der Waals surface area contributed by atoms with Gasteiger partial charge in [-0.3, -0.25) is 9.59 Å². The summed E-state index contributed by atoms with van der Waals surface area (Å²) in [7, 11) is 0. The number of fused-ring (bicyclic) bond motifs is 1. The molecular weight excluding hydrogens is 304 g/mol. The average molecular weight is 322 g/mol. The molecule has 3 heterocycles. The lowest BCUT2D eigenvalue weighted by molar-refractivity contribution is -0.141. The number of rotatable bonds is 3. The quantitative estimate of drug-likeness (QED) is 0.923. The van der Waals surface area contributed by atoms with Crippen LogP contribution in [0, 0.1) is 5.92 Å². The molecule has 2 aromatic heterocycles. The van der Waals surface area contributed by atoms with E-state index in [0.29, 0.717) is 23.1 Å². The summed E-state index contributed by atoms with van der Waals surface area (Å²) < 4.78 is 1.30. The van der Waals surface area contributed by atoms with Gasteiger partial charge in [-0.1, -0.05) is 25.2 Å². The van der Waals surface area contributed by atoms with Crippen molar-refractivity contribution in [2.75, 3.05) is 18.0 Å². The summed E-state index contributed by atoms with van der Waals surface area (Å²) >= 11 is 1.34. The van der Waals surface area contributed by atoms with Gasteiger partial charge >= 0.3 is 5.97 Å². The molecule has 3 rings (SSSR count). The molecule has 118 valence electrons. The summed E-state index contributed by atoms with van der Waals surface area (Å²) in [5, 5.41) is 14.2. The largest absolute Gasteiger partial charge is 0.481 e. The zero-order valence-electron chi connectivity index (χ0n) is 12.5. The van der Waals surface area contributed by atoms with Crippen LogP contribution >= 0.6 is 11.3 Å². The highest BCUT2D eigenvalue weighted by molar-refractivity contribution is 7.20. The number of hydrogen-bond acceptors (Lipinski definition) is 6. The van der Waals surface area contributed by atoms with Crippen molar-refractivity contribution >= 4 is 27.4 Å². The second-order valence-electron chi connectivity index (χ2n) is 5.88. The van der Waals surface area contributed by atoms with Gasteiger partial charge in [0, 0.05) is 19.2 Å². The highest BCUT2D eigenvalue weighted by Crippen LogP contribution is 2.27. The molecule has 0 bridgehead atoms. The van der Waals surface area contributed by atoms with Crippen molar-refractivity contribution in [1.82, 2.24) is 14.6 Å². The maximum absolute atomic E-state index is 12.1. The van der Waals surface area contributed by atoms with Gasteiger partial charge in [0.15, 0.2) is 0 Å². The number of aromatic nitrogens is 3. The fraction of sp³-hybridized carbons (Fsp3) is 0.571. The van der Waals surface area contributed by atoms with Gasteiger partial charge in [-0.2, -0.15) is 4.52 Å². The van der Waals surface area contributed by atoms with E-state index in [1.54, 1.807) is 0 Å². The van der Waals surface area contributed by atoms with Crippen LogP contribution in [-0.4, -0.2) is 38.8 Å². The number of hydrogen-bond donors (Lipinski definition) is 1. The summed E-state index contributed by atoms with van der Waals surface area (Å²) in [6, 6.07) is 1.51. The van der Waals surface area contributed by atoms with Crippen LogP contribution in [0.5, 0.6) is 0 Å². The molecule has 1 unspecified atom stereocenters. The Hall–Kier alpha value is -1.96. The van der Waals surface area contributed by atoms with E-state index in [-0.39, 0.29) is 17.4 Å². The molecule has 7 nitrogen and oxygen atoms in total. The molecule has 22 heavy (non-hydrogen) atoms. The van der Waals surface area contributed by atoms with Crippen molar-refractivity contribution in [3.8, 4) is 0 Å². The molecule has 8 heteroatoms. The first-order valence-corrected chi connectivity index (χ1v) is 8.16. The van der Waals surface area contributed by atoms with E-state index in [0.717, 1.165) is 18.7 Å². The Labute approximate surface area is 131 Å². The fourth-order valence-corrected chi connectivity index (χ4v) is 3.54. The van der Waals surface area contributed by atoms with Crippen LogP contribution in [0.2, 0.25) is 0 Å². The lowest BCUT2D eigenvalue weighted by Gasteiger charge is -2.29. The molecule has 0 spiro atoms. The van der Waals surface area contributed by atoms with E-state index in [9.17, 15) is 14.7 Å². The molecule has 1 fully saturated rings. The van der Waals surface area contributed by atoms with E-state index in [1.807, 2.05) is 18.7 Å². The van der Waals surface area contributed by atoms with Gasteiger partial charge in [0.25, 0.3) is 5.56 Å². The van der Waals surface area contributed by atoms with Gasteiger partial charge in [0.1, 0.15) is 0 Å². The first kappa shape index (κ1) is 15.0. The van der Waals surface area contributed by atoms with E-state index < -0.39 is 5.97 Å². The van der Waals surface area contributed by atoms with Gasteiger partial charge in [0.2, 0.25) is 10.1 Å². The number of anilines is 1. The normalized spacial score (nSPS) is 19.0. The van der Waals surface area contributed by atoms with Gasteiger partial charge < -0.3 is 10.0 Å². The third-order valence-electron chi connectivity index (χ3n) is 3.89. The summed E-state index contributed by atoms with van der Waals surface area (Å²) in [5.41, 5.74) is 0.560. The highest BCUT2D eigenvalue weighted by Gasteiger charge is 2.27. The second kappa shape index (κ2) is 5.68. The van der Waals surface area contributed by atoms with Gasteiger partial charge in [-0.25, -0.2) is 4.98 Å². The Bertz CT molecular complexity index is 767. The van der Waals surface area contributed by atoms with Crippen LogP contribution in [0.25, 0.3) is 4.96 Å². The van der Waals surface area contributed by atoms with Crippen molar-refractivity contribution < 1.29 is 9.90 Å². The van der Waals surface area contributed by atoms with Crippen LogP contribution in [0.15, 0.2) is 10.9 Å². The molecule has 0 aromatic carbocycles. The number of carbonyl (C=O) groups is 1. The van der Waals surface area contributed by atoms with E-state index in [1.165, 1.54) is 21.9 Å². The van der Waals surface area contributed by atoms with Gasteiger partial charge in [-0.15, -0.1) is 5.10 Å². The third-order valence-corrected chi connectivity index (χ3v) is 4.86. The Morgan fingerprint density at radius 3 is 2.95 bits per heavy atom. The minimum Gasteiger partial charge on any atom is -0.481 e. The van der Waals surface area contributed by atoms with Crippen LogP contribution in [-0.2, 0) is 4.79 Å². The van der Waals surface area contributed by atoms with E-state index >= 15 is 0 Å². The average Bonchev–Trinajstić information content (AvgIpc) is 2.92. The van der Waals surface area contributed by atoms with Gasteiger partial charge in [-0.05, 0) is 18.8 Å². The minimum absolute atomic E-state index is 0.176. The molecule has 0 saturated carbocycles. The van der Waals surface area contributed by atoms with Gasteiger partial charge in [0.05, 0.1) is 11.6 Å². The lowest BCUT2D eigenvalue weighted by atomic mass is 9.99. The van der Waals surface area contributed by atoms with Crippen LogP contribution in [0.3, 0.4) is 0 Å². The van der Waals surface area contributed by atoms with E-state index in [2.05, 4.69) is 10.1 Å². The molecule has 2 aromatic rings. The zero-order chi connectivity index (χ0) is 15.9. The summed E-state index contributed by atoms with van der Waals surface area (Å²) in [5.74, 6) is -0.977. The molecule has 1 aliphatic rings. The van der Waals surface area contributed by atoms with Crippen molar-refractivity contribution in [3.63, 3.8) is 0 Å². The monoisotopic (exact) mass is 322 g/mol. The Balaban J connectivity index is 1.96. The molecule has 1 aliphatic heterocycles. The number of carboxylic acids is 1. The summed E-state index contributed by atoms with van der Waals surface area (Å²) in [4.78, 5) is 30.3. The van der Waals surface area contributed by atoms with Crippen molar-refractivity contribution in [3.05, 3.63) is 22.1 Å². The first-order valence-electron chi connectivity index (χ1n) is 7.34. The number of aliphatic carboxylic acids is 1. The lowest BCUT2D eigenvalue weighted by Crippen LogP contribution is -2.38. The molecule has 0 amide bonds. The summed E-state index contributed by atoms with van der Waals surface area (Å²) in [6.45, 7) is 5.17. The Kier molecular flexibility index (Phi) is 3.86. The fourth-order valence-electron chi connectivity index (χ4n) is 2.59.